The molecule has 0 amide bonds. The summed E-state index contributed by atoms with van der Waals surface area (Å²) in [6.07, 6.45) is 3.39. The molecule has 3 aromatic heterocycles. The molecule has 1 aliphatic rings. The SMILES string of the molecule is Cc1nc(C(C)(C)C)nc(N2CCN(c3ncnc4ncn(C)c34)CC2)c1C. The van der Waals surface area contributed by atoms with Gasteiger partial charge < -0.3 is 14.4 Å². The van der Waals surface area contributed by atoms with Gasteiger partial charge in [0.1, 0.15) is 23.5 Å². The molecule has 0 radical (unpaired) electrons. The topological polar surface area (TPSA) is 75.9 Å². The van der Waals surface area contributed by atoms with Crippen molar-refractivity contribution in [3.63, 3.8) is 0 Å². The predicted molar refractivity (Wildman–Crippen MR) is 111 cm³/mol. The Hall–Kier alpha value is -2.77. The lowest BCUT2D eigenvalue weighted by Gasteiger charge is -2.37. The molecule has 0 aliphatic carbocycles. The number of imidazole rings is 1. The minimum atomic E-state index is -0.0683. The van der Waals surface area contributed by atoms with Gasteiger partial charge in [0, 0.05) is 49.9 Å². The number of hydrogen-bond donors (Lipinski definition) is 0. The molecule has 8 nitrogen and oxygen atoms in total. The molecule has 4 heterocycles. The van der Waals surface area contributed by atoms with Crippen LogP contribution in [0.25, 0.3) is 11.2 Å². The Morgan fingerprint density at radius 2 is 1.50 bits per heavy atom. The number of aromatic nitrogens is 6. The summed E-state index contributed by atoms with van der Waals surface area (Å²) in [6, 6.07) is 0. The van der Waals surface area contributed by atoms with Crippen LogP contribution in [0.2, 0.25) is 0 Å². The monoisotopic (exact) mass is 380 g/mol. The van der Waals surface area contributed by atoms with Gasteiger partial charge >= 0.3 is 0 Å². The van der Waals surface area contributed by atoms with Crippen molar-refractivity contribution in [3.8, 4) is 0 Å². The highest BCUT2D eigenvalue weighted by atomic mass is 15.3. The summed E-state index contributed by atoms with van der Waals surface area (Å²) >= 11 is 0. The van der Waals surface area contributed by atoms with Gasteiger partial charge in [0.15, 0.2) is 11.5 Å². The lowest BCUT2D eigenvalue weighted by molar-refractivity contribution is 0.538. The molecule has 148 valence electrons. The fourth-order valence-corrected chi connectivity index (χ4v) is 3.59. The van der Waals surface area contributed by atoms with Gasteiger partial charge in [-0.1, -0.05) is 20.8 Å². The van der Waals surface area contributed by atoms with Crippen LogP contribution in [0, 0.1) is 13.8 Å². The van der Waals surface area contributed by atoms with Crippen LogP contribution in [0.3, 0.4) is 0 Å². The zero-order valence-electron chi connectivity index (χ0n) is 17.6. The smallest absolute Gasteiger partial charge is 0.182 e. The molecule has 0 spiro atoms. The molecule has 1 saturated heterocycles. The molecule has 1 aliphatic heterocycles. The van der Waals surface area contributed by atoms with E-state index in [0.29, 0.717) is 0 Å². The maximum atomic E-state index is 4.94. The maximum Gasteiger partial charge on any atom is 0.182 e. The van der Waals surface area contributed by atoms with E-state index in [1.165, 1.54) is 0 Å². The lowest BCUT2D eigenvalue weighted by Crippen LogP contribution is -2.47. The van der Waals surface area contributed by atoms with Crippen molar-refractivity contribution in [2.45, 2.75) is 40.0 Å². The normalized spacial score (nSPS) is 15.5. The van der Waals surface area contributed by atoms with Crippen molar-refractivity contribution in [3.05, 3.63) is 29.7 Å². The van der Waals surface area contributed by atoms with Crippen LogP contribution < -0.4 is 9.80 Å². The molecule has 8 heteroatoms. The number of piperazine rings is 1. The first-order valence-corrected chi connectivity index (χ1v) is 9.73. The number of nitrogens with zero attached hydrogens (tertiary/aromatic N) is 8. The standard InChI is InChI=1S/C20H28N8/c1-13-14(2)24-19(20(3,4)5)25-17(13)27-7-9-28(10-8-27)18-15-16(21-11-22-18)23-12-26(15)6/h11-12H,7-10H2,1-6H3. The van der Waals surface area contributed by atoms with E-state index in [1.807, 2.05) is 11.6 Å². The minimum Gasteiger partial charge on any atom is -0.353 e. The Morgan fingerprint density at radius 1 is 0.857 bits per heavy atom. The van der Waals surface area contributed by atoms with E-state index in [4.69, 9.17) is 9.97 Å². The van der Waals surface area contributed by atoms with Crippen LogP contribution in [0.1, 0.15) is 37.9 Å². The van der Waals surface area contributed by atoms with Crippen molar-refractivity contribution in [2.75, 3.05) is 36.0 Å². The average Bonchev–Trinajstić information content (AvgIpc) is 3.04. The fraction of sp³-hybridized carbons (Fsp3) is 0.550. The molecule has 3 aromatic rings. The quantitative estimate of drug-likeness (QED) is 0.676. The summed E-state index contributed by atoms with van der Waals surface area (Å²) in [6.45, 7) is 14.2. The van der Waals surface area contributed by atoms with Crippen molar-refractivity contribution in [2.24, 2.45) is 7.05 Å². The zero-order valence-corrected chi connectivity index (χ0v) is 17.6. The summed E-state index contributed by atoms with van der Waals surface area (Å²) in [5.74, 6) is 2.92. The Kier molecular flexibility index (Phi) is 4.44. The Bertz CT molecular complexity index is 1010. The maximum absolute atomic E-state index is 4.94. The molecule has 0 saturated carbocycles. The second-order valence-electron chi connectivity index (χ2n) is 8.53. The second-order valence-corrected chi connectivity index (χ2v) is 8.53. The van der Waals surface area contributed by atoms with Crippen molar-refractivity contribution < 1.29 is 0 Å². The molecular formula is C20H28N8. The first kappa shape index (κ1) is 18.6. The van der Waals surface area contributed by atoms with E-state index in [1.54, 1.807) is 12.7 Å². The lowest BCUT2D eigenvalue weighted by atomic mass is 9.95. The van der Waals surface area contributed by atoms with Crippen LogP contribution in [0.5, 0.6) is 0 Å². The van der Waals surface area contributed by atoms with Gasteiger partial charge in [-0.15, -0.1) is 0 Å². The van der Waals surface area contributed by atoms with Crippen molar-refractivity contribution >= 4 is 22.8 Å². The molecular weight excluding hydrogens is 352 g/mol. The van der Waals surface area contributed by atoms with Crippen molar-refractivity contribution in [1.82, 2.24) is 29.5 Å². The van der Waals surface area contributed by atoms with Crippen LogP contribution in [0.15, 0.2) is 12.7 Å². The predicted octanol–water partition coefficient (Wildman–Crippen LogP) is 2.39. The summed E-state index contributed by atoms with van der Waals surface area (Å²) in [5, 5.41) is 0. The minimum absolute atomic E-state index is 0.0683. The van der Waals surface area contributed by atoms with Crippen LogP contribution in [0.4, 0.5) is 11.6 Å². The molecule has 0 bridgehead atoms. The van der Waals surface area contributed by atoms with E-state index < -0.39 is 0 Å². The third-order valence-corrected chi connectivity index (χ3v) is 5.40. The molecule has 0 N–H and O–H groups in total. The van der Waals surface area contributed by atoms with Gasteiger partial charge in [0.25, 0.3) is 0 Å². The number of anilines is 2. The van der Waals surface area contributed by atoms with Crippen LogP contribution >= 0.6 is 0 Å². The highest BCUT2D eigenvalue weighted by Crippen LogP contribution is 2.28. The van der Waals surface area contributed by atoms with Gasteiger partial charge in [-0.3, -0.25) is 0 Å². The summed E-state index contributed by atoms with van der Waals surface area (Å²) < 4.78 is 1.99. The third kappa shape index (κ3) is 3.16. The molecule has 4 rings (SSSR count). The van der Waals surface area contributed by atoms with E-state index in [2.05, 4.69) is 59.4 Å². The summed E-state index contributed by atoms with van der Waals surface area (Å²) in [4.78, 5) is 27.5. The van der Waals surface area contributed by atoms with Gasteiger partial charge in [-0.25, -0.2) is 24.9 Å². The Labute approximate surface area is 165 Å². The highest BCUT2D eigenvalue weighted by Gasteiger charge is 2.26. The van der Waals surface area contributed by atoms with Gasteiger partial charge in [-0.2, -0.15) is 0 Å². The molecule has 0 unspecified atom stereocenters. The molecule has 0 aromatic carbocycles. The van der Waals surface area contributed by atoms with Crippen molar-refractivity contribution in [1.29, 1.82) is 0 Å². The molecule has 0 atom stereocenters. The number of hydrogen-bond acceptors (Lipinski definition) is 7. The van der Waals surface area contributed by atoms with Crippen LogP contribution in [-0.4, -0.2) is 55.7 Å². The van der Waals surface area contributed by atoms with Gasteiger partial charge in [-0.05, 0) is 13.8 Å². The number of fused-ring (bicyclic) bond motifs is 1. The average molecular weight is 381 g/mol. The second kappa shape index (κ2) is 6.68. The fourth-order valence-electron chi connectivity index (χ4n) is 3.59. The first-order valence-electron chi connectivity index (χ1n) is 9.73. The zero-order chi connectivity index (χ0) is 20.1. The Balaban J connectivity index is 1.59. The Morgan fingerprint density at radius 3 is 2.14 bits per heavy atom. The van der Waals surface area contributed by atoms with E-state index >= 15 is 0 Å². The van der Waals surface area contributed by atoms with E-state index in [9.17, 15) is 0 Å². The largest absolute Gasteiger partial charge is 0.353 e. The van der Waals surface area contributed by atoms with E-state index in [0.717, 1.165) is 66.1 Å². The van der Waals surface area contributed by atoms with Crippen LogP contribution in [-0.2, 0) is 12.5 Å². The summed E-state index contributed by atoms with van der Waals surface area (Å²) in [7, 11) is 1.99. The molecule has 1 fully saturated rings. The van der Waals surface area contributed by atoms with E-state index in [-0.39, 0.29) is 5.41 Å². The first-order chi connectivity index (χ1) is 13.3. The molecule has 28 heavy (non-hydrogen) atoms. The van der Waals surface area contributed by atoms with Gasteiger partial charge in [0.2, 0.25) is 0 Å². The van der Waals surface area contributed by atoms with Gasteiger partial charge in [0.05, 0.1) is 6.33 Å². The third-order valence-electron chi connectivity index (χ3n) is 5.40. The number of rotatable bonds is 2. The summed E-state index contributed by atoms with van der Waals surface area (Å²) in [5.41, 5.74) is 3.88. The number of aryl methyl sites for hydroxylation is 2. The highest BCUT2D eigenvalue weighted by molar-refractivity contribution is 5.83.